The van der Waals surface area contributed by atoms with E-state index in [9.17, 15) is 9.90 Å². The van der Waals surface area contributed by atoms with Gasteiger partial charge in [-0.15, -0.1) is 0 Å². The van der Waals surface area contributed by atoms with Crippen LogP contribution in [0.1, 0.15) is 60.3 Å². The van der Waals surface area contributed by atoms with E-state index >= 15 is 0 Å². The summed E-state index contributed by atoms with van der Waals surface area (Å²) < 4.78 is 0. The predicted octanol–water partition coefficient (Wildman–Crippen LogP) is 4.29. The first-order valence-corrected chi connectivity index (χ1v) is 8.79. The van der Waals surface area contributed by atoms with Crippen LogP contribution in [0.3, 0.4) is 0 Å². The van der Waals surface area contributed by atoms with Crippen LogP contribution in [0.4, 0.5) is 0 Å². The van der Waals surface area contributed by atoms with Gasteiger partial charge in [0.05, 0.1) is 6.10 Å². The van der Waals surface area contributed by atoms with Gasteiger partial charge in [0.15, 0.2) is 5.78 Å². The van der Waals surface area contributed by atoms with E-state index in [1.54, 1.807) is 0 Å². The van der Waals surface area contributed by atoms with Crippen LogP contribution in [0.15, 0.2) is 23.3 Å². The number of Topliss-reactive ketones (excluding diaryl/α,β-unsaturated/α-hetero) is 1. The van der Waals surface area contributed by atoms with Crippen molar-refractivity contribution in [3.05, 3.63) is 23.3 Å². The Balaban J connectivity index is 2.06. The molecule has 0 heterocycles. The summed E-state index contributed by atoms with van der Waals surface area (Å²) in [6.07, 6.45) is 7.68. The number of carbonyl (C=O) groups is 1. The summed E-state index contributed by atoms with van der Waals surface area (Å²) in [4.78, 5) is 12.4. The van der Waals surface area contributed by atoms with Crippen molar-refractivity contribution in [3.63, 3.8) is 0 Å². The second-order valence-corrected chi connectivity index (χ2v) is 8.73. The Kier molecular flexibility index (Phi) is 3.67. The van der Waals surface area contributed by atoms with Crippen molar-refractivity contribution in [2.75, 3.05) is 0 Å². The van der Waals surface area contributed by atoms with Crippen LogP contribution in [0.25, 0.3) is 0 Å². The van der Waals surface area contributed by atoms with Crippen molar-refractivity contribution in [2.24, 2.45) is 28.6 Å². The number of allylic oxidation sites excluding steroid dienone is 3. The summed E-state index contributed by atoms with van der Waals surface area (Å²) >= 11 is 0. The van der Waals surface area contributed by atoms with E-state index in [4.69, 9.17) is 0 Å². The highest BCUT2D eigenvalue weighted by molar-refractivity contribution is 5.95. The third-order valence-corrected chi connectivity index (χ3v) is 6.98. The van der Waals surface area contributed by atoms with Crippen molar-refractivity contribution in [3.8, 4) is 0 Å². The maximum Gasteiger partial charge on any atom is 0.158 e. The molecule has 1 fully saturated rings. The van der Waals surface area contributed by atoms with E-state index in [1.165, 1.54) is 5.57 Å². The topological polar surface area (TPSA) is 37.3 Å². The number of ketones is 1. The lowest BCUT2D eigenvalue weighted by Crippen LogP contribution is -2.49. The Morgan fingerprint density at radius 2 is 1.95 bits per heavy atom. The van der Waals surface area contributed by atoms with E-state index in [1.807, 2.05) is 6.92 Å². The molecule has 3 rings (SSSR count). The zero-order valence-corrected chi connectivity index (χ0v) is 14.6. The summed E-state index contributed by atoms with van der Waals surface area (Å²) in [5.74, 6) is 1.67. The molecule has 0 aromatic carbocycles. The number of aliphatic hydroxyl groups is 1. The van der Waals surface area contributed by atoms with Crippen LogP contribution in [-0.2, 0) is 4.79 Å². The molecule has 1 saturated carbocycles. The second-order valence-electron chi connectivity index (χ2n) is 8.73. The molecular formula is C20H30O2. The second kappa shape index (κ2) is 5.06. The monoisotopic (exact) mass is 302 g/mol. The Morgan fingerprint density at radius 1 is 1.27 bits per heavy atom. The molecule has 1 N–H and O–H groups in total. The molecule has 0 radical (unpaired) electrons. The summed E-state index contributed by atoms with van der Waals surface area (Å²) in [7, 11) is 0. The van der Waals surface area contributed by atoms with Gasteiger partial charge in [-0.2, -0.15) is 0 Å². The van der Waals surface area contributed by atoms with Crippen molar-refractivity contribution >= 4 is 5.78 Å². The quantitative estimate of drug-likeness (QED) is 0.734. The highest BCUT2D eigenvalue weighted by atomic mass is 16.3. The minimum Gasteiger partial charge on any atom is -0.388 e. The third-order valence-electron chi connectivity index (χ3n) is 6.98. The van der Waals surface area contributed by atoms with Gasteiger partial charge in [0.2, 0.25) is 0 Å². The average molecular weight is 302 g/mol. The molecule has 0 aliphatic heterocycles. The molecular weight excluding hydrogens is 272 g/mol. The largest absolute Gasteiger partial charge is 0.388 e. The summed E-state index contributed by atoms with van der Waals surface area (Å²) in [6, 6.07) is 0. The normalized spacial score (nSPS) is 45.0. The molecule has 2 nitrogen and oxygen atoms in total. The fourth-order valence-electron chi connectivity index (χ4n) is 5.29. The average Bonchev–Trinajstić information content (AvgIpc) is 2.64. The number of hydrogen-bond donors (Lipinski definition) is 1. The standard InChI is InChI=1S/C20H30O2/c1-12(2)14-10-17(22)20(5)9-8-19(4)11-16(21)13(3)6-7-15(19)18(14)20/h6,10,12,15,17-18,22H,7-9,11H2,1-5H3. The van der Waals surface area contributed by atoms with Crippen LogP contribution in [0.5, 0.6) is 0 Å². The molecule has 5 unspecified atom stereocenters. The lowest BCUT2D eigenvalue weighted by Gasteiger charge is -2.53. The van der Waals surface area contributed by atoms with Gasteiger partial charge in [-0.3, -0.25) is 4.79 Å². The lowest BCUT2D eigenvalue weighted by atomic mass is 9.51. The Hall–Kier alpha value is -0.890. The minimum atomic E-state index is -0.330. The smallest absolute Gasteiger partial charge is 0.158 e. The Morgan fingerprint density at radius 3 is 2.59 bits per heavy atom. The summed E-state index contributed by atoms with van der Waals surface area (Å²) in [5.41, 5.74) is 2.39. The van der Waals surface area contributed by atoms with Gasteiger partial charge >= 0.3 is 0 Å². The third kappa shape index (κ3) is 2.14. The highest BCUT2D eigenvalue weighted by Crippen LogP contribution is 2.63. The first-order chi connectivity index (χ1) is 10.2. The van der Waals surface area contributed by atoms with Gasteiger partial charge in [0, 0.05) is 11.8 Å². The lowest BCUT2D eigenvalue weighted by molar-refractivity contribution is -0.121. The van der Waals surface area contributed by atoms with Crippen LogP contribution in [0.2, 0.25) is 0 Å². The predicted molar refractivity (Wildman–Crippen MR) is 89.4 cm³/mol. The maximum atomic E-state index is 12.4. The molecule has 0 amide bonds. The number of rotatable bonds is 1. The number of carbonyl (C=O) groups excluding carboxylic acids is 1. The van der Waals surface area contributed by atoms with Crippen LogP contribution in [0, 0.1) is 28.6 Å². The molecule has 22 heavy (non-hydrogen) atoms. The van der Waals surface area contributed by atoms with Crippen molar-refractivity contribution < 1.29 is 9.90 Å². The van der Waals surface area contributed by atoms with E-state index < -0.39 is 0 Å². The molecule has 0 bridgehead atoms. The molecule has 0 saturated heterocycles. The van der Waals surface area contributed by atoms with Gasteiger partial charge in [-0.1, -0.05) is 45.4 Å². The van der Waals surface area contributed by atoms with Crippen molar-refractivity contribution in [1.29, 1.82) is 0 Å². The maximum absolute atomic E-state index is 12.4. The first kappa shape index (κ1) is 16.0. The molecule has 2 heteroatoms. The van der Waals surface area contributed by atoms with Crippen LogP contribution >= 0.6 is 0 Å². The molecule has 5 atom stereocenters. The molecule has 0 spiro atoms. The molecule has 122 valence electrons. The van der Waals surface area contributed by atoms with Gasteiger partial charge in [0.1, 0.15) is 0 Å². The molecule has 3 aliphatic carbocycles. The molecule has 0 aromatic heterocycles. The van der Waals surface area contributed by atoms with Crippen molar-refractivity contribution in [1.82, 2.24) is 0 Å². The van der Waals surface area contributed by atoms with Gasteiger partial charge in [-0.25, -0.2) is 0 Å². The molecule has 0 aromatic rings. The molecule has 3 aliphatic rings. The van der Waals surface area contributed by atoms with E-state index in [0.717, 1.165) is 24.8 Å². The fourth-order valence-corrected chi connectivity index (χ4v) is 5.29. The zero-order chi connectivity index (χ0) is 16.3. The van der Waals surface area contributed by atoms with Crippen molar-refractivity contribution in [2.45, 2.75) is 66.4 Å². The van der Waals surface area contributed by atoms with Crippen LogP contribution in [-0.4, -0.2) is 17.0 Å². The summed E-state index contributed by atoms with van der Waals surface area (Å²) in [6.45, 7) is 11.0. The van der Waals surface area contributed by atoms with Gasteiger partial charge in [-0.05, 0) is 54.9 Å². The first-order valence-electron chi connectivity index (χ1n) is 8.79. The number of aliphatic hydroxyl groups excluding tert-OH is 1. The highest BCUT2D eigenvalue weighted by Gasteiger charge is 2.58. The van der Waals surface area contributed by atoms with E-state index in [2.05, 4.69) is 39.8 Å². The summed E-state index contributed by atoms with van der Waals surface area (Å²) in [5, 5.41) is 10.7. The van der Waals surface area contributed by atoms with E-state index in [0.29, 0.717) is 30.0 Å². The van der Waals surface area contributed by atoms with Gasteiger partial charge < -0.3 is 5.11 Å². The fraction of sp³-hybridized carbons (Fsp3) is 0.750. The minimum absolute atomic E-state index is 0.0427. The van der Waals surface area contributed by atoms with E-state index in [-0.39, 0.29) is 16.9 Å². The Bertz CT molecular complexity index is 556. The Labute approximate surface area is 134 Å². The zero-order valence-electron chi connectivity index (χ0n) is 14.6. The van der Waals surface area contributed by atoms with Gasteiger partial charge in [0.25, 0.3) is 0 Å². The van der Waals surface area contributed by atoms with Crippen LogP contribution < -0.4 is 0 Å². The number of fused-ring (bicyclic) bond motifs is 3. The SMILES string of the molecule is CC1=CCC2C3C(C(C)C)=CC(O)C3(C)CCC2(C)CC1=O. The number of hydrogen-bond acceptors (Lipinski definition) is 2.